The van der Waals surface area contributed by atoms with E-state index < -0.39 is 0 Å². The van der Waals surface area contributed by atoms with Crippen LogP contribution in [0.2, 0.25) is 0 Å². The summed E-state index contributed by atoms with van der Waals surface area (Å²) in [6, 6.07) is 8.75. The maximum Gasteiger partial charge on any atom is 0.236 e. The zero-order valence-corrected chi connectivity index (χ0v) is 13.9. The molecule has 1 atom stereocenters. The van der Waals surface area contributed by atoms with Gasteiger partial charge in [0.1, 0.15) is 0 Å². The summed E-state index contributed by atoms with van der Waals surface area (Å²) in [5, 5.41) is 4.20. The summed E-state index contributed by atoms with van der Waals surface area (Å²) in [4.78, 5) is 14.1. The van der Waals surface area contributed by atoms with Crippen LogP contribution in [0.3, 0.4) is 0 Å². The van der Waals surface area contributed by atoms with Gasteiger partial charge in [-0.1, -0.05) is 6.07 Å². The Morgan fingerprint density at radius 1 is 1.39 bits per heavy atom. The van der Waals surface area contributed by atoms with Gasteiger partial charge in [-0.2, -0.15) is 0 Å². The van der Waals surface area contributed by atoms with Gasteiger partial charge in [-0.3, -0.25) is 4.79 Å². The number of benzene rings is 1. The van der Waals surface area contributed by atoms with Crippen molar-refractivity contribution >= 4 is 16.8 Å². The Morgan fingerprint density at radius 2 is 2.26 bits per heavy atom. The van der Waals surface area contributed by atoms with Gasteiger partial charge in [-0.25, -0.2) is 0 Å². The molecule has 0 spiro atoms. The molecular formula is C18H25N3O2. The fourth-order valence-electron chi connectivity index (χ4n) is 3.28. The van der Waals surface area contributed by atoms with E-state index in [1.165, 1.54) is 16.5 Å². The van der Waals surface area contributed by atoms with E-state index in [1.807, 2.05) is 4.90 Å². The summed E-state index contributed by atoms with van der Waals surface area (Å²) in [5.74, 6) is 0.501. The van der Waals surface area contributed by atoms with Gasteiger partial charge in [0.15, 0.2) is 0 Å². The van der Waals surface area contributed by atoms with E-state index in [2.05, 4.69) is 47.4 Å². The lowest BCUT2D eigenvalue weighted by molar-refractivity contribution is -0.130. The monoisotopic (exact) mass is 315 g/mol. The molecule has 2 heterocycles. The van der Waals surface area contributed by atoms with Crippen molar-refractivity contribution in [1.82, 2.24) is 14.8 Å². The number of carbonyl (C=O) groups is 1. The van der Waals surface area contributed by atoms with Crippen LogP contribution in [0.1, 0.15) is 5.56 Å². The maximum absolute atomic E-state index is 12.1. The highest BCUT2D eigenvalue weighted by atomic mass is 16.5. The number of likely N-dealkylation sites (N-methyl/N-ethyl adjacent to an activating group) is 1. The molecule has 0 unspecified atom stereocenters. The molecule has 1 fully saturated rings. The van der Waals surface area contributed by atoms with Gasteiger partial charge in [-0.05, 0) is 42.6 Å². The number of hydrogen-bond acceptors (Lipinski definition) is 3. The van der Waals surface area contributed by atoms with Gasteiger partial charge < -0.3 is 19.5 Å². The molecule has 1 aliphatic rings. The summed E-state index contributed by atoms with van der Waals surface area (Å²) < 4.78 is 7.84. The van der Waals surface area contributed by atoms with Crippen LogP contribution in [0, 0.1) is 5.92 Å². The minimum atomic E-state index is 0.154. The van der Waals surface area contributed by atoms with Crippen molar-refractivity contribution in [1.29, 1.82) is 0 Å². The van der Waals surface area contributed by atoms with Gasteiger partial charge in [0.05, 0.1) is 19.8 Å². The highest BCUT2D eigenvalue weighted by Gasteiger charge is 2.22. The third-order valence-electron chi connectivity index (χ3n) is 4.49. The Bertz CT molecular complexity index is 680. The number of aromatic nitrogens is 1. The Balaban J connectivity index is 1.70. The lowest BCUT2D eigenvalue weighted by Crippen LogP contribution is -2.40. The number of ether oxygens (including phenoxy) is 1. The largest absolute Gasteiger partial charge is 0.379 e. The highest BCUT2D eigenvalue weighted by molar-refractivity contribution is 5.80. The van der Waals surface area contributed by atoms with Crippen LogP contribution in [0.5, 0.6) is 0 Å². The Morgan fingerprint density at radius 3 is 3.09 bits per heavy atom. The Kier molecular flexibility index (Phi) is 4.98. The van der Waals surface area contributed by atoms with Crippen LogP contribution in [0.4, 0.5) is 0 Å². The average molecular weight is 315 g/mol. The molecule has 124 valence electrons. The van der Waals surface area contributed by atoms with Crippen LogP contribution in [0.15, 0.2) is 30.5 Å². The number of aryl methyl sites for hydroxylation is 1. The highest BCUT2D eigenvalue weighted by Crippen LogP contribution is 2.20. The van der Waals surface area contributed by atoms with Crippen molar-refractivity contribution in [3.8, 4) is 0 Å². The van der Waals surface area contributed by atoms with Crippen molar-refractivity contribution in [3.63, 3.8) is 0 Å². The van der Waals surface area contributed by atoms with Gasteiger partial charge >= 0.3 is 0 Å². The number of hydrogen-bond donors (Lipinski definition) is 1. The summed E-state index contributed by atoms with van der Waals surface area (Å²) in [6.07, 6.45) is 3.02. The molecule has 23 heavy (non-hydrogen) atoms. The number of fused-ring (bicyclic) bond motifs is 1. The van der Waals surface area contributed by atoms with Crippen LogP contribution in [-0.4, -0.2) is 55.3 Å². The topological polar surface area (TPSA) is 46.5 Å². The first-order valence-corrected chi connectivity index (χ1v) is 8.21. The molecule has 5 heteroatoms. The third kappa shape index (κ3) is 3.74. The second-order valence-corrected chi connectivity index (χ2v) is 6.33. The van der Waals surface area contributed by atoms with Crippen molar-refractivity contribution < 1.29 is 9.53 Å². The van der Waals surface area contributed by atoms with E-state index in [4.69, 9.17) is 4.74 Å². The quantitative estimate of drug-likeness (QED) is 0.928. The fourth-order valence-corrected chi connectivity index (χ4v) is 3.28. The number of nitrogens with zero attached hydrogens (tertiary/aromatic N) is 2. The lowest BCUT2D eigenvalue weighted by Gasteiger charge is -2.23. The van der Waals surface area contributed by atoms with E-state index in [-0.39, 0.29) is 5.91 Å². The number of carbonyl (C=O) groups excluding carboxylic acids is 1. The number of amides is 1. The summed E-state index contributed by atoms with van der Waals surface area (Å²) in [6.45, 7) is 3.20. The first-order chi connectivity index (χ1) is 11.2. The predicted octanol–water partition coefficient (Wildman–Crippen LogP) is 1.42. The molecule has 1 aromatic heterocycles. The molecule has 5 nitrogen and oxygen atoms in total. The van der Waals surface area contributed by atoms with Gasteiger partial charge in [0.2, 0.25) is 5.91 Å². The molecule has 2 aromatic rings. The zero-order valence-electron chi connectivity index (χ0n) is 13.9. The standard InChI is InChI=1S/C18H25N3O2/c1-19-11-18(22)21-7-8-23-13-15(12-21)9-14-3-4-17-16(10-14)5-6-20(17)2/h3-6,10,15,19H,7-9,11-13H2,1-2H3/t15-/m0/s1. The number of nitrogens with one attached hydrogen (secondary N) is 1. The summed E-state index contributed by atoms with van der Waals surface area (Å²) in [5.41, 5.74) is 2.55. The third-order valence-corrected chi connectivity index (χ3v) is 4.49. The lowest BCUT2D eigenvalue weighted by atomic mass is 9.98. The van der Waals surface area contributed by atoms with E-state index in [1.54, 1.807) is 7.05 Å². The van der Waals surface area contributed by atoms with E-state index in [9.17, 15) is 4.79 Å². The van der Waals surface area contributed by atoms with Crippen LogP contribution >= 0.6 is 0 Å². The molecular weight excluding hydrogens is 290 g/mol. The molecule has 0 saturated carbocycles. The molecule has 1 N–H and O–H groups in total. The van der Waals surface area contributed by atoms with Crippen LogP contribution in [0.25, 0.3) is 10.9 Å². The van der Waals surface area contributed by atoms with Crippen molar-refractivity contribution in [3.05, 3.63) is 36.0 Å². The first-order valence-electron chi connectivity index (χ1n) is 8.21. The van der Waals surface area contributed by atoms with E-state index in [0.29, 0.717) is 25.6 Å². The first kappa shape index (κ1) is 16.0. The van der Waals surface area contributed by atoms with E-state index >= 15 is 0 Å². The smallest absolute Gasteiger partial charge is 0.236 e. The minimum absolute atomic E-state index is 0.154. The molecule has 1 aliphatic heterocycles. The second-order valence-electron chi connectivity index (χ2n) is 6.33. The molecule has 1 saturated heterocycles. The summed E-state index contributed by atoms with van der Waals surface area (Å²) in [7, 11) is 3.87. The van der Waals surface area contributed by atoms with E-state index in [0.717, 1.165) is 19.6 Å². The molecule has 0 aliphatic carbocycles. The summed E-state index contributed by atoms with van der Waals surface area (Å²) >= 11 is 0. The van der Waals surface area contributed by atoms with Crippen molar-refractivity contribution in [2.24, 2.45) is 13.0 Å². The number of rotatable bonds is 4. The van der Waals surface area contributed by atoms with Gasteiger partial charge in [-0.15, -0.1) is 0 Å². The second kappa shape index (κ2) is 7.15. The van der Waals surface area contributed by atoms with Crippen molar-refractivity contribution in [2.75, 3.05) is 39.9 Å². The molecule has 0 bridgehead atoms. The van der Waals surface area contributed by atoms with Gasteiger partial charge in [0, 0.05) is 37.8 Å². The minimum Gasteiger partial charge on any atom is -0.379 e. The van der Waals surface area contributed by atoms with Crippen molar-refractivity contribution in [2.45, 2.75) is 6.42 Å². The maximum atomic E-state index is 12.1. The molecule has 3 rings (SSSR count). The Labute approximate surface area is 137 Å². The SMILES string of the molecule is CNCC(=O)N1CCOC[C@@H](Cc2ccc3c(ccn3C)c2)C1. The molecule has 0 radical (unpaired) electrons. The van der Waals surface area contributed by atoms with Gasteiger partial charge in [0.25, 0.3) is 0 Å². The fraction of sp³-hybridized carbons (Fsp3) is 0.500. The van der Waals surface area contributed by atoms with Crippen LogP contribution in [-0.2, 0) is 23.0 Å². The zero-order chi connectivity index (χ0) is 16.2. The Hall–Kier alpha value is -1.85. The average Bonchev–Trinajstić information content (AvgIpc) is 2.76. The predicted molar refractivity (Wildman–Crippen MR) is 91.4 cm³/mol. The normalized spacial score (nSPS) is 19.0. The van der Waals surface area contributed by atoms with Crippen LogP contribution < -0.4 is 5.32 Å². The molecule has 1 amide bonds. The molecule has 1 aromatic carbocycles.